The average molecular weight is 398 g/mol. The van der Waals surface area contributed by atoms with Gasteiger partial charge in [0, 0.05) is 23.7 Å². The number of hydrogen-bond donors (Lipinski definition) is 2. The minimum Gasteiger partial charge on any atom is -0.466 e. The summed E-state index contributed by atoms with van der Waals surface area (Å²) in [4.78, 5) is 37.9. The van der Waals surface area contributed by atoms with E-state index in [0.29, 0.717) is 36.7 Å². The molecule has 1 atom stereocenters. The number of nitrogens with one attached hydrogen (secondary N) is 2. The van der Waals surface area contributed by atoms with Crippen molar-refractivity contribution in [3.63, 3.8) is 0 Å². The Morgan fingerprint density at radius 3 is 2.73 bits per heavy atom. The summed E-state index contributed by atoms with van der Waals surface area (Å²) in [6, 6.07) is 5.53. The first-order valence-corrected chi connectivity index (χ1v) is 9.02. The Bertz CT molecular complexity index is 696. The van der Waals surface area contributed by atoms with Gasteiger partial charge in [0.1, 0.15) is 6.04 Å². The van der Waals surface area contributed by atoms with Gasteiger partial charge in [-0.05, 0) is 42.9 Å². The third kappa shape index (κ3) is 5.40. The van der Waals surface area contributed by atoms with Crippen molar-refractivity contribution >= 4 is 46.7 Å². The smallest absolute Gasteiger partial charge is 0.308 e. The van der Waals surface area contributed by atoms with Gasteiger partial charge in [-0.2, -0.15) is 0 Å². The Hall–Kier alpha value is -2.19. The van der Waals surface area contributed by atoms with Gasteiger partial charge in [-0.15, -0.1) is 0 Å². The maximum Gasteiger partial charge on any atom is 0.308 e. The molecule has 140 valence electrons. The number of halogens is 1. The second-order valence-electron chi connectivity index (χ2n) is 5.69. The van der Waals surface area contributed by atoms with Crippen LogP contribution in [0.3, 0.4) is 0 Å². The normalized spacial score (nSPS) is 16.6. The first-order chi connectivity index (χ1) is 12.4. The lowest BCUT2D eigenvalue weighted by molar-refractivity contribution is -0.147. The number of carbonyl (C=O) groups excluding carboxylic acids is 3. The van der Waals surface area contributed by atoms with Crippen LogP contribution in [0.25, 0.3) is 0 Å². The fourth-order valence-electron chi connectivity index (χ4n) is 2.44. The molecule has 0 aliphatic carbocycles. The van der Waals surface area contributed by atoms with Crippen LogP contribution >= 0.6 is 23.8 Å². The predicted molar refractivity (Wildman–Crippen MR) is 101 cm³/mol. The summed E-state index contributed by atoms with van der Waals surface area (Å²) in [5.41, 5.74) is 0.386. The standard InChI is InChI=1S/C17H20ClN3O4S/c1-2-9-25-14(22)10-13-16(24)19-7-8-21(13)17(26)20-15(23)11-3-5-12(18)6-4-11/h3-6,13H,2,7-10H2,1H3,(H,19,24)(H,20,23,26)/t13-/m0/s1. The maximum absolute atomic E-state index is 12.3. The number of piperazine rings is 1. The Kier molecular flexibility index (Phi) is 7.35. The van der Waals surface area contributed by atoms with Crippen LogP contribution in [-0.2, 0) is 14.3 Å². The molecule has 1 aliphatic heterocycles. The van der Waals surface area contributed by atoms with E-state index < -0.39 is 17.9 Å². The average Bonchev–Trinajstić information content (AvgIpc) is 2.62. The van der Waals surface area contributed by atoms with E-state index in [-0.39, 0.29) is 17.4 Å². The molecule has 2 N–H and O–H groups in total. The Morgan fingerprint density at radius 1 is 1.38 bits per heavy atom. The minimum atomic E-state index is -0.814. The Labute approximate surface area is 162 Å². The van der Waals surface area contributed by atoms with E-state index in [1.807, 2.05) is 6.92 Å². The van der Waals surface area contributed by atoms with Gasteiger partial charge < -0.3 is 15.0 Å². The highest BCUT2D eigenvalue weighted by Crippen LogP contribution is 2.12. The molecule has 1 heterocycles. The monoisotopic (exact) mass is 397 g/mol. The molecule has 9 heteroatoms. The van der Waals surface area contributed by atoms with Crippen molar-refractivity contribution in [2.24, 2.45) is 0 Å². The molecule has 2 rings (SSSR count). The van der Waals surface area contributed by atoms with E-state index in [4.69, 9.17) is 28.6 Å². The highest BCUT2D eigenvalue weighted by atomic mass is 35.5. The van der Waals surface area contributed by atoms with Gasteiger partial charge >= 0.3 is 5.97 Å². The Morgan fingerprint density at radius 2 is 2.08 bits per heavy atom. The molecule has 1 fully saturated rings. The van der Waals surface area contributed by atoms with Crippen molar-refractivity contribution in [2.75, 3.05) is 19.7 Å². The molecule has 0 saturated carbocycles. The number of rotatable bonds is 5. The largest absolute Gasteiger partial charge is 0.466 e. The molecule has 0 unspecified atom stereocenters. The quantitative estimate of drug-likeness (QED) is 0.578. The first-order valence-electron chi connectivity index (χ1n) is 8.23. The molecular formula is C17H20ClN3O4S. The van der Waals surface area contributed by atoms with Crippen molar-refractivity contribution in [1.29, 1.82) is 0 Å². The van der Waals surface area contributed by atoms with Crippen LogP contribution in [0.2, 0.25) is 5.02 Å². The molecule has 1 aliphatic rings. The third-order valence-corrected chi connectivity index (χ3v) is 4.33. The summed E-state index contributed by atoms with van der Waals surface area (Å²) in [7, 11) is 0. The SMILES string of the molecule is CCCOC(=O)C[C@H]1C(=O)NCCN1C(=S)NC(=O)c1ccc(Cl)cc1. The van der Waals surface area contributed by atoms with Crippen LogP contribution in [0.1, 0.15) is 30.1 Å². The van der Waals surface area contributed by atoms with Gasteiger partial charge in [0.2, 0.25) is 5.91 Å². The summed E-state index contributed by atoms with van der Waals surface area (Å²) in [5, 5.41) is 5.90. The molecule has 2 amide bonds. The second-order valence-corrected chi connectivity index (χ2v) is 6.51. The predicted octanol–water partition coefficient (Wildman–Crippen LogP) is 1.50. The van der Waals surface area contributed by atoms with E-state index >= 15 is 0 Å². The maximum atomic E-state index is 12.3. The molecule has 0 bridgehead atoms. The van der Waals surface area contributed by atoms with Gasteiger partial charge in [0.05, 0.1) is 13.0 Å². The molecule has 1 saturated heterocycles. The Balaban J connectivity index is 2.03. The molecule has 1 aromatic carbocycles. The number of nitrogens with zero attached hydrogens (tertiary/aromatic N) is 1. The second kappa shape index (κ2) is 9.49. The number of esters is 1. The zero-order valence-corrected chi connectivity index (χ0v) is 15.9. The van der Waals surface area contributed by atoms with Crippen molar-refractivity contribution in [1.82, 2.24) is 15.5 Å². The lowest BCUT2D eigenvalue weighted by Crippen LogP contribution is -2.60. The zero-order valence-electron chi connectivity index (χ0n) is 14.3. The van der Waals surface area contributed by atoms with Crippen LogP contribution in [0.15, 0.2) is 24.3 Å². The fraction of sp³-hybridized carbons (Fsp3) is 0.412. The van der Waals surface area contributed by atoms with E-state index in [1.165, 1.54) is 4.90 Å². The van der Waals surface area contributed by atoms with Crippen molar-refractivity contribution in [2.45, 2.75) is 25.8 Å². The third-order valence-electron chi connectivity index (χ3n) is 3.75. The topological polar surface area (TPSA) is 87.7 Å². The van der Waals surface area contributed by atoms with E-state index in [2.05, 4.69) is 10.6 Å². The van der Waals surface area contributed by atoms with E-state index in [1.54, 1.807) is 24.3 Å². The highest BCUT2D eigenvalue weighted by Gasteiger charge is 2.34. The minimum absolute atomic E-state index is 0.0908. The van der Waals surface area contributed by atoms with E-state index in [9.17, 15) is 14.4 Å². The molecule has 7 nitrogen and oxygen atoms in total. The van der Waals surface area contributed by atoms with E-state index in [0.717, 1.165) is 0 Å². The summed E-state index contributed by atoms with van der Waals surface area (Å²) >= 11 is 11.1. The number of hydrogen-bond acceptors (Lipinski definition) is 5. The number of thiocarbonyl (C=S) groups is 1. The summed E-state index contributed by atoms with van der Waals surface area (Å²) in [5.74, 6) is -1.22. The summed E-state index contributed by atoms with van der Waals surface area (Å²) in [6.45, 7) is 2.94. The van der Waals surface area contributed by atoms with Crippen LogP contribution in [-0.4, -0.2) is 53.5 Å². The number of amides is 2. The van der Waals surface area contributed by atoms with Crippen molar-refractivity contribution in [3.05, 3.63) is 34.9 Å². The van der Waals surface area contributed by atoms with Crippen LogP contribution in [0.4, 0.5) is 0 Å². The van der Waals surface area contributed by atoms with Crippen LogP contribution in [0.5, 0.6) is 0 Å². The van der Waals surface area contributed by atoms with Gasteiger partial charge in [0.25, 0.3) is 5.91 Å². The number of carbonyl (C=O) groups is 3. The lowest BCUT2D eigenvalue weighted by Gasteiger charge is -2.36. The molecule has 26 heavy (non-hydrogen) atoms. The van der Waals surface area contributed by atoms with Crippen LogP contribution in [0, 0.1) is 0 Å². The van der Waals surface area contributed by atoms with Gasteiger partial charge in [-0.1, -0.05) is 18.5 Å². The zero-order chi connectivity index (χ0) is 19.1. The van der Waals surface area contributed by atoms with Gasteiger partial charge in [0.15, 0.2) is 5.11 Å². The van der Waals surface area contributed by atoms with Crippen molar-refractivity contribution < 1.29 is 19.1 Å². The lowest BCUT2D eigenvalue weighted by atomic mass is 10.1. The van der Waals surface area contributed by atoms with Crippen molar-refractivity contribution in [3.8, 4) is 0 Å². The highest BCUT2D eigenvalue weighted by molar-refractivity contribution is 7.80. The number of ether oxygens (including phenoxy) is 1. The molecule has 0 spiro atoms. The molecule has 0 aromatic heterocycles. The van der Waals surface area contributed by atoms with Gasteiger partial charge in [-0.25, -0.2) is 0 Å². The summed E-state index contributed by atoms with van der Waals surface area (Å²) in [6.07, 6.45) is 0.560. The van der Waals surface area contributed by atoms with Crippen LogP contribution < -0.4 is 10.6 Å². The fourth-order valence-corrected chi connectivity index (χ4v) is 2.87. The van der Waals surface area contributed by atoms with Gasteiger partial charge in [-0.3, -0.25) is 19.7 Å². The molecule has 1 aromatic rings. The molecular weight excluding hydrogens is 378 g/mol. The summed E-state index contributed by atoms with van der Waals surface area (Å²) < 4.78 is 5.04. The molecule has 0 radical (unpaired) electrons. The number of benzene rings is 1. The first kappa shape index (κ1) is 20.1.